The highest BCUT2D eigenvalue weighted by Crippen LogP contribution is 2.30. The zero-order valence-corrected chi connectivity index (χ0v) is 8.56. The summed E-state index contributed by atoms with van der Waals surface area (Å²) in [5.74, 6) is 0.779. The Labute approximate surface area is 83.1 Å². The number of hydrogen-bond donors (Lipinski definition) is 1. The van der Waals surface area contributed by atoms with E-state index in [1.165, 1.54) is 0 Å². The summed E-state index contributed by atoms with van der Waals surface area (Å²) in [6, 6.07) is 3.73. The first-order valence-electron chi connectivity index (χ1n) is 4.13. The predicted molar refractivity (Wildman–Crippen MR) is 53.5 cm³/mol. The Bertz CT molecular complexity index is 297. The van der Waals surface area contributed by atoms with Crippen LogP contribution >= 0.6 is 11.6 Å². The molecule has 0 heterocycles. The number of hydrogen-bond acceptors (Lipinski definition) is 2. The first kappa shape index (κ1) is 10.4. The average Bonchev–Trinajstić information content (AvgIpc) is 2.12. The van der Waals surface area contributed by atoms with Crippen molar-refractivity contribution in [2.75, 3.05) is 13.7 Å². The van der Waals surface area contributed by atoms with E-state index in [2.05, 4.69) is 0 Å². The summed E-state index contributed by atoms with van der Waals surface area (Å²) in [5, 5.41) is 9.49. The molecule has 0 radical (unpaired) electrons. The summed E-state index contributed by atoms with van der Waals surface area (Å²) in [7, 11) is 1.61. The Morgan fingerprint density at radius 2 is 2.15 bits per heavy atom. The molecule has 0 aliphatic rings. The van der Waals surface area contributed by atoms with E-state index >= 15 is 0 Å². The number of methoxy groups -OCH3 is 1. The molecule has 3 heteroatoms. The maximum atomic E-state index is 8.84. The summed E-state index contributed by atoms with van der Waals surface area (Å²) < 4.78 is 5.21. The Balaban J connectivity index is 3.18. The Kier molecular flexibility index (Phi) is 3.58. The number of halogens is 1. The third kappa shape index (κ3) is 2.14. The van der Waals surface area contributed by atoms with Gasteiger partial charge in [0.2, 0.25) is 0 Å². The molecule has 0 saturated heterocycles. The smallest absolute Gasteiger partial charge is 0.126 e. The quantitative estimate of drug-likeness (QED) is 0.811. The molecule has 0 atom stereocenters. The van der Waals surface area contributed by atoms with Gasteiger partial charge in [-0.1, -0.05) is 17.7 Å². The van der Waals surface area contributed by atoms with Crippen molar-refractivity contribution in [1.29, 1.82) is 0 Å². The second kappa shape index (κ2) is 4.49. The zero-order chi connectivity index (χ0) is 9.84. The normalized spacial score (nSPS) is 10.2. The Hall–Kier alpha value is -0.730. The lowest BCUT2D eigenvalue weighted by Gasteiger charge is -2.11. The van der Waals surface area contributed by atoms with E-state index in [-0.39, 0.29) is 6.61 Å². The summed E-state index contributed by atoms with van der Waals surface area (Å²) in [4.78, 5) is 0. The van der Waals surface area contributed by atoms with E-state index < -0.39 is 0 Å². The monoisotopic (exact) mass is 200 g/mol. The molecule has 0 saturated carbocycles. The topological polar surface area (TPSA) is 29.5 Å². The van der Waals surface area contributed by atoms with Gasteiger partial charge in [-0.15, -0.1) is 0 Å². The van der Waals surface area contributed by atoms with Gasteiger partial charge >= 0.3 is 0 Å². The fourth-order valence-electron chi connectivity index (χ4n) is 1.35. The largest absolute Gasteiger partial charge is 0.496 e. The standard InChI is InChI=1S/C10H13ClO2/c1-7-3-4-9(11)8(5-6-12)10(7)13-2/h3-4,12H,5-6H2,1-2H3. The lowest BCUT2D eigenvalue weighted by atomic mass is 10.1. The van der Waals surface area contributed by atoms with Crippen LogP contribution in [0.5, 0.6) is 5.75 Å². The molecule has 0 spiro atoms. The lowest BCUT2D eigenvalue weighted by molar-refractivity contribution is 0.296. The van der Waals surface area contributed by atoms with Crippen molar-refractivity contribution in [3.05, 3.63) is 28.3 Å². The minimum atomic E-state index is 0.0829. The van der Waals surface area contributed by atoms with Crippen LogP contribution in [0.1, 0.15) is 11.1 Å². The molecule has 1 N–H and O–H groups in total. The summed E-state index contributed by atoms with van der Waals surface area (Å²) >= 11 is 5.97. The van der Waals surface area contributed by atoms with E-state index in [4.69, 9.17) is 21.4 Å². The molecule has 0 unspecified atom stereocenters. The first-order chi connectivity index (χ1) is 6.20. The van der Waals surface area contributed by atoms with Crippen molar-refractivity contribution in [3.8, 4) is 5.75 Å². The number of aliphatic hydroxyl groups excluding tert-OH is 1. The van der Waals surface area contributed by atoms with E-state index in [0.717, 1.165) is 16.9 Å². The molecule has 2 nitrogen and oxygen atoms in total. The second-order valence-electron chi connectivity index (χ2n) is 2.85. The molecule has 1 aromatic rings. The van der Waals surface area contributed by atoms with Gasteiger partial charge in [-0.3, -0.25) is 0 Å². The highest BCUT2D eigenvalue weighted by Gasteiger charge is 2.09. The summed E-state index contributed by atoms with van der Waals surface area (Å²) in [5.41, 5.74) is 1.92. The van der Waals surface area contributed by atoms with Crippen molar-refractivity contribution in [1.82, 2.24) is 0 Å². The van der Waals surface area contributed by atoms with Crippen LogP contribution in [0.2, 0.25) is 5.02 Å². The van der Waals surface area contributed by atoms with Crippen LogP contribution in [0, 0.1) is 6.92 Å². The minimum absolute atomic E-state index is 0.0829. The maximum Gasteiger partial charge on any atom is 0.126 e. The molecule has 0 aliphatic carbocycles. The van der Waals surface area contributed by atoms with E-state index in [0.29, 0.717) is 11.4 Å². The van der Waals surface area contributed by atoms with Gasteiger partial charge < -0.3 is 9.84 Å². The van der Waals surface area contributed by atoms with E-state index in [1.54, 1.807) is 7.11 Å². The van der Waals surface area contributed by atoms with Crippen molar-refractivity contribution < 1.29 is 9.84 Å². The molecule has 13 heavy (non-hydrogen) atoms. The molecule has 0 bridgehead atoms. The van der Waals surface area contributed by atoms with Gasteiger partial charge in [0.15, 0.2) is 0 Å². The van der Waals surface area contributed by atoms with Crippen LogP contribution in [-0.4, -0.2) is 18.8 Å². The number of aryl methyl sites for hydroxylation is 1. The number of aliphatic hydroxyl groups is 1. The van der Waals surface area contributed by atoms with Gasteiger partial charge in [-0.2, -0.15) is 0 Å². The van der Waals surface area contributed by atoms with Gasteiger partial charge in [0.1, 0.15) is 5.75 Å². The lowest BCUT2D eigenvalue weighted by Crippen LogP contribution is -1.98. The number of ether oxygens (including phenoxy) is 1. The van der Waals surface area contributed by atoms with Crippen LogP contribution in [0.25, 0.3) is 0 Å². The number of rotatable bonds is 3. The first-order valence-corrected chi connectivity index (χ1v) is 4.51. The zero-order valence-electron chi connectivity index (χ0n) is 7.80. The molecule has 72 valence electrons. The van der Waals surface area contributed by atoms with Gasteiger partial charge in [0.05, 0.1) is 7.11 Å². The van der Waals surface area contributed by atoms with Crippen molar-refractivity contribution >= 4 is 11.6 Å². The van der Waals surface area contributed by atoms with E-state index in [1.807, 2.05) is 19.1 Å². The highest BCUT2D eigenvalue weighted by molar-refractivity contribution is 6.31. The van der Waals surface area contributed by atoms with Crippen LogP contribution in [-0.2, 0) is 6.42 Å². The van der Waals surface area contributed by atoms with Crippen LogP contribution in [0.3, 0.4) is 0 Å². The van der Waals surface area contributed by atoms with Gasteiger partial charge in [-0.05, 0) is 18.6 Å². The van der Waals surface area contributed by atoms with Gasteiger partial charge in [-0.25, -0.2) is 0 Å². The number of benzene rings is 1. The highest BCUT2D eigenvalue weighted by atomic mass is 35.5. The Morgan fingerprint density at radius 3 is 2.69 bits per heavy atom. The summed E-state index contributed by atoms with van der Waals surface area (Å²) in [6.07, 6.45) is 0.531. The molecule has 0 amide bonds. The average molecular weight is 201 g/mol. The molecule has 0 aliphatic heterocycles. The molecule has 1 aromatic carbocycles. The van der Waals surface area contributed by atoms with Gasteiger partial charge in [0, 0.05) is 23.6 Å². The molecular formula is C10H13ClO2. The molecule has 0 aromatic heterocycles. The summed E-state index contributed by atoms with van der Waals surface area (Å²) in [6.45, 7) is 2.04. The Morgan fingerprint density at radius 1 is 1.46 bits per heavy atom. The fourth-order valence-corrected chi connectivity index (χ4v) is 1.59. The third-order valence-corrected chi connectivity index (χ3v) is 2.32. The molecular weight excluding hydrogens is 188 g/mol. The van der Waals surface area contributed by atoms with Crippen LogP contribution < -0.4 is 4.74 Å². The van der Waals surface area contributed by atoms with E-state index in [9.17, 15) is 0 Å². The van der Waals surface area contributed by atoms with Crippen LogP contribution in [0.4, 0.5) is 0 Å². The third-order valence-electron chi connectivity index (χ3n) is 1.97. The maximum absolute atomic E-state index is 8.84. The minimum Gasteiger partial charge on any atom is -0.496 e. The second-order valence-corrected chi connectivity index (χ2v) is 3.26. The van der Waals surface area contributed by atoms with Crippen LogP contribution in [0.15, 0.2) is 12.1 Å². The van der Waals surface area contributed by atoms with Crippen molar-refractivity contribution in [2.45, 2.75) is 13.3 Å². The van der Waals surface area contributed by atoms with Crippen molar-refractivity contribution in [3.63, 3.8) is 0 Å². The molecule has 0 fully saturated rings. The van der Waals surface area contributed by atoms with Crippen molar-refractivity contribution in [2.24, 2.45) is 0 Å². The molecule has 1 rings (SSSR count). The fraction of sp³-hybridized carbons (Fsp3) is 0.400. The SMILES string of the molecule is COc1c(C)ccc(Cl)c1CCO. The van der Waals surface area contributed by atoms with Gasteiger partial charge in [0.25, 0.3) is 0 Å². The predicted octanol–water partition coefficient (Wildman–Crippen LogP) is 2.19.